The van der Waals surface area contributed by atoms with E-state index in [0.29, 0.717) is 18.4 Å². The molecule has 0 unspecified atom stereocenters. The highest BCUT2D eigenvalue weighted by molar-refractivity contribution is 5.66. The van der Waals surface area contributed by atoms with Crippen molar-refractivity contribution >= 4 is 5.97 Å². The Hall–Kier alpha value is -2.23. The molecule has 212 valence electrons. The summed E-state index contributed by atoms with van der Waals surface area (Å²) in [6.07, 6.45) is 17.2. The number of aromatic nitrogens is 4. The van der Waals surface area contributed by atoms with Gasteiger partial charge in [0.2, 0.25) is 0 Å². The second kappa shape index (κ2) is 14.2. The number of imidazole rings is 2. The molecule has 0 amide bonds. The Kier molecular flexibility index (Phi) is 10.8. The fourth-order valence-corrected chi connectivity index (χ4v) is 6.58. The molecule has 2 aliphatic heterocycles. The maximum Gasteiger partial charge on any atom is 0.303 e. The highest BCUT2D eigenvalue weighted by Gasteiger charge is 2.40. The van der Waals surface area contributed by atoms with Crippen LogP contribution in [0.3, 0.4) is 0 Å². The van der Waals surface area contributed by atoms with Crippen molar-refractivity contribution in [1.82, 2.24) is 34.2 Å². The number of hydrogen-bond donors (Lipinski definition) is 2. The van der Waals surface area contributed by atoms with Gasteiger partial charge in [-0.1, -0.05) is 13.8 Å². The Morgan fingerprint density at radius 2 is 1.84 bits per heavy atom. The van der Waals surface area contributed by atoms with Gasteiger partial charge in [0.25, 0.3) is 0 Å². The Bertz CT molecular complexity index is 948. The lowest BCUT2D eigenvalue weighted by Gasteiger charge is -2.42. The maximum atomic E-state index is 10.9. The number of carboxylic acid groups (broad SMARTS) is 1. The molecule has 4 heterocycles. The van der Waals surface area contributed by atoms with E-state index in [4.69, 9.17) is 5.11 Å². The van der Waals surface area contributed by atoms with Crippen molar-refractivity contribution in [3.05, 3.63) is 36.4 Å². The van der Waals surface area contributed by atoms with E-state index >= 15 is 0 Å². The number of aliphatic carboxylic acids is 1. The minimum absolute atomic E-state index is 0.220. The summed E-state index contributed by atoms with van der Waals surface area (Å²) >= 11 is 0. The number of piperidine rings is 1. The fourth-order valence-electron chi connectivity index (χ4n) is 6.58. The van der Waals surface area contributed by atoms with E-state index in [1.807, 2.05) is 12.4 Å². The van der Waals surface area contributed by atoms with Gasteiger partial charge in [0.15, 0.2) is 0 Å². The van der Waals surface area contributed by atoms with Crippen LogP contribution in [0.2, 0.25) is 0 Å². The molecule has 2 aromatic rings. The van der Waals surface area contributed by atoms with Crippen molar-refractivity contribution in [1.29, 1.82) is 0 Å². The van der Waals surface area contributed by atoms with Crippen LogP contribution in [0, 0.1) is 5.41 Å². The smallest absolute Gasteiger partial charge is 0.303 e. The molecule has 9 nitrogen and oxygen atoms in total. The highest BCUT2D eigenvalue weighted by Crippen LogP contribution is 2.41. The Labute approximate surface area is 228 Å². The van der Waals surface area contributed by atoms with Crippen LogP contribution in [0.15, 0.2) is 24.8 Å². The summed E-state index contributed by atoms with van der Waals surface area (Å²) in [4.78, 5) is 30.9. The summed E-state index contributed by atoms with van der Waals surface area (Å²) in [5.41, 5.74) is 0.551. The van der Waals surface area contributed by atoms with Crippen molar-refractivity contribution in [3.8, 4) is 0 Å². The zero-order valence-electron chi connectivity index (χ0n) is 23.7. The number of unbranched alkanes of at least 4 members (excludes halogenated alkanes) is 1. The Balaban J connectivity index is 1.23. The molecule has 0 aliphatic carbocycles. The summed E-state index contributed by atoms with van der Waals surface area (Å²) in [5.74, 6) is 1.27. The second-order valence-electron chi connectivity index (χ2n) is 11.5. The van der Waals surface area contributed by atoms with Gasteiger partial charge in [-0.2, -0.15) is 0 Å². The molecule has 1 spiro atoms. The number of hydrogen-bond acceptors (Lipinski definition) is 6. The molecule has 2 fully saturated rings. The van der Waals surface area contributed by atoms with Crippen LogP contribution >= 0.6 is 0 Å². The fraction of sp³-hybridized carbons (Fsp3) is 0.759. The first-order valence-electron chi connectivity index (χ1n) is 14.9. The zero-order chi connectivity index (χ0) is 26.8. The van der Waals surface area contributed by atoms with Gasteiger partial charge in [-0.05, 0) is 89.5 Å². The van der Waals surface area contributed by atoms with Gasteiger partial charge in [0.05, 0.1) is 13.1 Å². The third-order valence-electron chi connectivity index (χ3n) is 8.92. The van der Waals surface area contributed by atoms with Crippen LogP contribution in [-0.2, 0) is 24.4 Å². The van der Waals surface area contributed by atoms with Gasteiger partial charge in [0, 0.05) is 50.3 Å². The molecule has 0 radical (unpaired) electrons. The van der Waals surface area contributed by atoms with Crippen LogP contribution in [-0.4, -0.2) is 90.6 Å². The molecule has 0 atom stereocenters. The summed E-state index contributed by atoms with van der Waals surface area (Å²) < 4.78 is 2.30. The van der Waals surface area contributed by atoms with Crippen LogP contribution in [0.25, 0.3) is 0 Å². The van der Waals surface area contributed by atoms with E-state index in [1.165, 1.54) is 58.3 Å². The molecular formula is C29H49N7O2. The van der Waals surface area contributed by atoms with Crippen LogP contribution in [0.5, 0.6) is 0 Å². The molecule has 2 aromatic heterocycles. The van der Waals surface area contributed by atoms with E-state index in [1.54, 1.807) is 6.20 Å². The first kappa shape index (κ1) is 28.8. The molecular weight excluding hydrogens is 478 g/mol. The maximum absolute atomic E-state index is 10.9. The molecule has 38 heavy (non-hydrogen) atoms. The third kappa shape index (κ3) is 8.13. The molecule has 4 rings (SSSR count). The lowest BCUT2D eigenvalue weighted by molar-refractivity contribution is -0.137. The van der Waals surface area contributed by atoms with Crippen molar-refractivity contribution in [2.24, 2.45) is 5.41 Å². The number of aromatic amines is 1. The number of H-pyrrole nitrogens is 1. The van der Waals surface area contributed by atoms with Gasteiger partial charge in [-0.3, -0.25) is 9.69 Å². The standard InChI is InChI=1S/C29H49N7O2/c1-3-25(4-2)35-19-10-29(11-20-35)9-18-33(24-29)16-7-17-36-21-14-32-27(36)23-34(15-6-5-8-28(37)38)22-26-30-12-13-31-26/h12-14,21,25H,3-11,15-20,22-24H2,1-2H3,(H,30,31)(H,37,38). The normalized spacial score (nSPS) is 18.3. The van der Waals surface area contributed by atoms with Gasteiger partial charge in [-0.15, -0.1) is 0 Å². The zero-order valence-corrected chi connectivity index (χ0v) is 23.7. The molecule has 2 aliphatic rings. The Morgan fingerprint density at radius 3 is 2.55 bits per heavy atom. The molecule has 9 heteroatoms. The molecule has 0 aromatic carbocycles. The summed E-state index contributed by atoms with van der Waals surface area (Å²) in [6, 6.07) is 0.772. The van der Waals surface area contributed by atoms with Crippen molar-refractivity contribution in [3.63, 3.8) is 0 Å². The molecule has 2 N–H and O–H groups in total. The topological polar surface area (TPSA) is 93.5 Å². The van der Waals surface area contributed by atoms with Gasteiger partial charge >= 0.3 is 5.97 Å². The van der Waals surface area contributed by atoms with Gasteiger partial charge < -0.3 is 24.5 Å². The number of carbonyl (C=O) groups is 1. The number of rotatable bonds is 16. The highest BCUT2D eigenvalue weighted by atomic mass is 16.4. The number of nitrogens with one attached hydrogen (secondary N) is 1. The lowest BCUT2D eigenvalue weighted by atomic mass is 9.77. The largest absolute Gasteiger partial charge is 0.481 e. The van der Waals surface area contributed by atoms with Gasteiger partial charge in [0.1, 0.15) is 11.6 Å². The minimum Gasteiger partial charge on any atom is -0.481 e. The van der Waals surface area contributed by atoms with E-state index in [9.17, 15) is 4.79 Å². The van der Waals surface area contributed by atoms with Crippen molar-refractivity contribution < 1.29 is 9.90 Å². The summed E-state index contributed by atoms with van der Waals surface area (Å²) in [7, 11) is 0. The SMILES string of the molecule is CCC(CC)N1CCC2(CCN(CCCn3ccnc3CN(CCCCC(=O)O)Cc3ncc[nH]3)C2)CC1. The van der Waals surface area contributed by atoms with E-state index < -0.39 is 5.97 Å². The number of aryl methyl sites for hydroxylation is 1. The predicted molar refractivity (Wildman–Crippen MR) is 150 cm³/mol. The lowest BCUT2D eigenvalue weighted by Crippen LogP contribution is -2.45. The first-order valence-corrected chi connectivity index (χ1v) is 14.9. The molecule has 0 bridgehead atoms. The number of nitrogens with zero attached hydrogens (tertiary/aromatic N) is 6. The summed E-state index contributed by atoms with van der Waals surface area (Å²) in [6.45, 7) is 14.1. The molecule has 2 saturated heterocycles. The van der Waals surface area contributed by atoms with Gasteiger partial charge in [-0.25, -0.2) is 9.97 Å². The average molecular weight is 528 g/mol. The van der Waals surface area contributed by atoms with Crippen LogP contribution < -0.4 is 0 Å². The van der Waals surface area contributed by atoms with E-state index in [0.717, 1.165) is 56.7 Å². The number of likely N-dealkylation sites (tertiary alicyclic amines) is 2. The van der Waals surface area contributed by atoms with Crippen LogP contribution in [0.4, 0.5) is 0 Å². The third-order valence-corrected chi connectivity index (χ3v) is 8.92. The second-order valence-corrected chi connectivity index (χ2v) is 11.5. The minimum atomic E-state index is -0.728. The first-order chi connectivity index (χ1) is 18.5. The van der Waals surface area contributed by atoms with Crippen LogP contribution in [0.1, 0.15) is 83.3 Å². The van der Waals surface area contributed by atoms with E-state index in [2.05, 4.69) is 54.3 Å². The predicted octanol–water partition coefficient (Wildman–Crippen LogP) is 4.23. The summed E-state index contributed by atoms with van der Waals surface area (Å²) in [5, 5.41) is 8.97. The van der Waals surface area contributed by atoms with Crippen molar-refractivity contribution in [2.45, 2.75) is 97.3 Å². The monoisotopic (exact) mass is 527 g/mol. The van der Waals surface area contributed by atoms with Crippen molar-refractivity contribution in [2.75, 3.05) is 39.3 Å². The Morgan fingerprint density at radius 1 is 1.05 bits per heavy atom. The quantitative estimate of drug-likeness (QED) is 0.316. The number of carboxylic acids is 1. The molecule has 0 saturated carbocycles. The average Bonchev–Trinajstić information content (AvgIpc) is 3.67. The van der Waals surface area contributed by atoms with E-state index in [-0.39, 0.29) is 6.42 Å².